The van der Waals surface area contributed by atoms with Crippen LogP contribution in [0.15, 0.2) is 65.3 Å². The van der Waals surface area contributed by atoms with E-state index in [9.17, 15) is 24.0 Å². The molecule has 15 heteroatoms. The minimum atomic E-state index is -0.979. The van der Waals surface area contributed by atoms with Crippen molar-refractivity contribution in [1.29, 1.82) is 5.26 Å². The number of rotatable bonds is 8. The number of nitriles is 1. The highest BCUT2D eigenvalue weighted by Gasteiger charge is 2.45. The van der Waals surface area contributed by atoms with Gasteiger partial charge in [0.15, 0.2) is 0 Å². The minimum absolute atomic E-state index is 0.0257. The fourth-order valence-corrected chi connectivity index (χ4v) is 9.30. The number of nitrogens with one attached hydrogen (secondary N) is 2. The highest BCUT2D eigenvalue weighted by Crippen LogP contribution is 2.32. The molecular formula is C44H49ClN8O6. The molecule has 308 valence electrons. The summed E-state index contributed by atoms with van der Waals surface area (Å²) in [5.41, 5.74) is 2.45. The Morgan fingerprint density at radius 1 is 0.915 bits per heavy atom. The van der Waals surface area contributed by atoms with E-state index in [0.29, 0.717) is 33.4 Å². The van der Waals surface area contributed by atoms with Gasteiger partial charge in [-0.1, -0.05) is 23.8 Å². The standard InChI is InChI=1S/C44H49ClN8O6/c45-37-23-34(10-6-29(37)24-46)59-33-11-7-31(8-12-33)48-41(55)30-4-2-1-3-5-39(47-25-30)52-17-16-28(27-52)26-50-18-20-51(21-19-50)32-9-13-35-36(22-32)44(58)53(43(35)57)38-14-15-40(54)49-42(38)56/h2,4,6,9-10,13,22-23,25,28,31,33,38H,1,3,5,7-8,11-12,14-21,26-27H2,(H,48,55)(H,49,54,56)/b4-2-,30-25+,47-39+/t28-,31-,33-,38?/m0/s1. The molecule has 8 rings (SSSR count). The Balaban J connectivity index is 0.803. The van der Waals surface area contributed by atoms with E-state index in [1.54, 1.807) is 36.5 Å². The lowest BCUT2D eigenvalue weighted by atomic mass is 9.92. The quantitative estimate of drug-likeness (QED) is 0.360. The molecule has 1 saturated carbocycles. The first-order valence-electron chi connectivity index (χ1n) is 20.8. The van der Waals surface area contributed by atoms with Crippen LogP contribution < -0.4 is 20.3 Å². The van der Waals surface area contributed by atoms with Crippen molar-refractivity contribution in [2.75, 3.05) is 50.7 Å². The van der Waals surface area contributed by atoms with Crippen molar-refractivity contribution in [3.8, 4) is 11.8 Å². The number of amides is 5. The van der Waals surface area contributed by atoms with Crippen LogP contribution in [0.25, 0.3) is 0 Å². The van der Waals surface area contributed by atoms with Gasteiger partial charge in [0.25, 0.3) is 17.7 Å². The molecule has 2 aromatic carbocycles. The SMILES string of the molecule is N#Cc1ccc(O[C@H]2CC[C@H](NC(=O)C3=C/N=C(/N4CC[C@@H](CN5CCN(c6ccc7c(c6)C(=O)N(C6CCC(=O)NC6=O)C7=O)CC5)C4)CCC/C=C\3)CC2)cc1Cl. The average molecular weight is 821 g/mol. The van der Waals surface area contributed by atoms with E-state index >= 15 is 0 Å². The van der Waals surface area contributed by atoms with Gasteiger partial charge in [-0.2, -0.15) is 5.26 Å². The fourth-order valence-electron chi connectivity index (χ4n) is 9.09. The number of hydrogen-bond acceptors (Lipinski definition) is 11. The van der Waals surface area contributed by atoms with Gasteiger partial charge in [-0.15, -0.1) is 0 Å². The summed E-state index contributed by atoms with van der Waals surface area (Å²) < 4.78 is 6.13. The lowest BCUT2D eigenvalue weighted by Gasteiger charge is -2.37. The second kappa shape index (κ2) is 17.8. The van der Waals surface area contributed by atoms with Crippen molar-refractivity contribution in [2.45, 2.75) is 82.4 Å². The number of aliphatic imine (C=N–C) groups is 1. The van der Waals surface area contributed by atoms with Gasteiger partial charge < -0.3 is 19.9 Å². The number of ether oxygens (including phenoxy) is 1. The maximum Gasteiger partial charge on any atom is 0.262 e. The second-order valence-electron chi connectivity index (χ2n) is 16.3. The van der Waals surface area contributed by atoms with Crippen LogP contribution in [0.4, 0.5) is 5.69 Å². The zero-order valence-electron chi connectivity index (χ0n) is 33.0. The lowest BCUT2D eigenvalue weighted by Crippen LogP contribution is -2.54. The fraction of sp³-hybridized carbons (Fsp3) is 0.477. The zero-order chi connectivity index (χ0) is 41.0. The van der Waals surface area contributed by atoms with Crippen LogP contribution in [-0.2, 0) is 14.4 Å². The number of anilines is 1. The van der Waals surface area contributed by atoms with E-state index in [1.165, 1.54) is 0 Å². The Morgan fingerprint density at radius 3 is 2.47 bits per heavy atom. The maximum atomic E-state index is 13.5. The third-order valence-corrected chi connectivity index (χ3v) is 12.7. The van der Waals surface area contributed by atoms with E-state index in [-0.39, 0.29) is 36.5 Å². The molecule has 2 aromatic rings. The molecule has 1 unspecified atom stereocenters. The number of piperazine rings is 1. The topological polar surface area (TPSA) is 168 Å². The zero-order valence-corrected chi connectivity index (χ0v) is 33.8. The molecule has 3 saturated heterocycles. The van der Waals surface area contributed by atoms with Crippen molar-refractivity contribution in [3.05, 3.63) is 82.0 Å². The third-order valence-electron chi connectivity index (χ3n) is 12.4. The van der Waals surface area contributed by atoms with E-state index in [2.05, 4.69) is 37.5 Å². The van der Waals surface area contributed by atoms with Gasteiger partial charge in [-0.05, 0) is 87.6 Å². The monoisotopic (exact) mass is 820 g/mol. The molecule has 6 aliphatic rings. The summed E-state index contributed by atoms with van der Waals surface area (Å²) in [7, 11) is 0. The van der Waals surface area contributed by atoms with Gasteiger partial charge in [0.05, 0.1) is 33.4 Å². The second-order valence-corrected chi connectivity index (χ2v) is 16.7. The Kier molecular flexibility index (Phi) is 12.1. The smallest absolute Gasteiger partial charge is 0.262 e. The Labute approximate surface area is 348 Å². The number of imide groups is 2. The van der Waals surface area contributed by atoms with Gasteiger partial charge in [-0.25, -0.2) is 4.99 Å². The molecule has 4 fully saturated rings. The first-order valence-corrected chi connectivity index (χ1v) is 21.2. The van der Waals surface area contributed by atoms with Crippen LogP contribution in [0.2, 0.25) is 5.02 Å². The Hall–Kier alpha value is -5.52. The minimum Gasteiger partial charge on any atom is -0.490 e. The molecule has 5 heterocycles. The molecule has 0 radical (unpaired) electrons. The van der Waals surface area contributed by atoms with Crippen LogP contribution >= 0.6 is 11.6 Å². The summed E-state index contributed by atoms with van der Waals surface area (Å²) in [5, 5.41) is 15.0. The van der Waals surface area contributed by atoms with Crippen LogP contribution in [0.1, 0.15) is 90.5 Å². The summed E-state index contributed by atoms with van der Waals surface area (Å²) in [6, 6.07) is 11.6. The number of fused-ring (bicyclic) bond motifs is 1. The van der Waals surface area contributed by atoms with Crippen LogP contribution in [0.5, 0.6) is 5.75 Å². The van der Waals surface area contributed by atoms with Gasteiger partial charge in [0, 0.05) is 82.7 Å². The summed E-state index contributed by atoms with van der Waals surface area (Å²) in [6.07, 6.45) is 12.9. The molecule has 2 N–H and O–H groups in total. The number of likely N-dealkylation sites (tertiary alicyclic amines) is 1. The lowest BCUT2D eigenvalue weighted by molar-refractivity contribution is -0.136. The summed E-state index contributed by atoms with van der Waals surface area (Å²) in [5.74, 6) is 0.0823. The molecule has 0 spiro atoms. The van der Waals surface area contributed by atoms with Crippen molar-refractivity contribution in [3.63, 3.8) is 0 Å². The number of carbonyl (C=O) groups is 5. The number of allylic oxidation sites excluding steroid dienone is 1. The number of hydrogen-bond donors (Lipinski definition) is 2. The number of benzene rings is 2. The number of amidine groups is 1. The molecular weight excluding hydrogens is 772 g/mol. The van der Waals surface area contributed by atoms with Gasteiger partial charge >= 0.3 is 0 Å². The molecule has 5 aliphatic heterocycles. The number of nitrogens with zero attached hydrogens (tertiary/aromatic N) is 6. The summed E-state index contributed by atoms with van der Waals surface area (Å²) >= 11 is 6.18. The molecule has 5 amide bonds. The van der Waals surface area contributed by atoms with Gasteiger partial charge in [-0.3, -0.25) is 39.1 Å². The Morgan fingerprint density at radius 2 is 1.71 bits per heavy atom. The van der Waals surface area contributed by atoms with E-state index in [1.807, 2.05) is 12.1 Å². The number of halogens is 1. The normalized spacial score (nSPS) is 27.6. The molecule has 0 aromatic heterocycles. The highest BCUT2D eigenvalue weighted by atomic mass is 35.5. The first-order chi connectivity index (χ1) is 28.6. The molecule has 0 bridgehead atoms. The first kappa shape index (κ1) is 40.3. The number of piperidine rings is 1. The Bertz CT molecular complexity index is 2150. The predicted molar refractivity (Wildman–Crippen MR) is 221 cm³/mol. The summed E-state index contributed by atoms with van der Waals surface area (Å²) in [4.78, 5) is 77.1. The molecule has 1 aliphatic carbocycles. The van der Waals surface area contributed by atoms with Crippen molar-refractivity contribution in [2.24, 2.45) is 10.9 Å². The van der Waals surface area contributed by atoms with E-state index in [4.69, 9.17) is 26.6 Å². The van der Waals surface area contributed by atoms with Crippen LogP contribution in [0.3, 0.4) is 0 Å². The predicted octanol–water partition coefficient (Wildman–Crippen LogP) is 4.59. The van der Waals surface area contributed by atoms with Crippen LogP contribution in [-0.4, -0.2) is 114 Å². The number of carbonyl (C=O) groups excluding carboxylic acids is 5. The largest absolute Gasteiger partial charge is 0.490 e. The van der Waals surface area contributed by atoms with Gasteiger partial charge in [0.2, 0.25) is 11.8 Å². The van der Waals surface area contributed by atoms with Crippen LogP contribution in [0, 0.1) is 17.2 Å². The van der Waals surface area contributed by atoms with E-state index < -0.39 is 29.7 Å². The summed E-state index contributed by atoms with van der Waals surface area (Å²) in [6.45, 7) is 6.15. The van der Waals surface area contributed by atoms with Crippen molar-refractivity contribution in [1.82, 2.24) is 25.3 Å². The van der Waals surface area contributed by atoms with Crippen molar-refractivity contribution >= 4 is 52.7 Å². The van der Waals surface area contributed by atoms with E-state index in [0.717, 1.165) is 114 Å². The maximum absolute atomic E-state index is 13.5. The molecule has 14 nitrogen and oxygen atoms in total. The molecule has 2 atom stereocenters. The van der Waals surface area contributed by atoms with Crippen molar-refractivity contribution < 1.29 is 28.7 Å². The highest BCUT2D eigenvalue weighted by molar-refractivity contribution is 6.31. The average Bonchev–Trinajstić information content (AvgIpc) is 3.83. The molecule has 59 heavy (non-hydrogen) atoms. The third kappa shape index (κ3) is 9.06. The van der Waals surface area contributed by atoms with Gasteiger partial charge in [0.1, 0.15) is 23.7 Å².